The number of halogens is 1. The summed E-state index contributed by atoms with van der Waals surface area (Å²) < 4.78 is 1.06. The molecule has 0 spiro atoms. The van der Waals surface area contributed by atoms with Crippen molar-refractivity contribution in [1.82, 2.24) is 9.80 Å². The Morgan fingerprint density at radius 1 is 1.15 bits per heavy atom. The predicted octanol–water partition coefficient (Wildman–Crippen LogP) is 2.65. The van der Waals surface area contributed by atoms with E-state index in [4.69, 9.17) is 0 Å². The van der Waals surface area contributed by atoms with Gasteiger partial charge in [-0.05, 0) is 56.6 Å². The molecule has 2 aliphatic heterocycles. The Morgan fingerprint density at radius 2 is 1.85 bits per heavy atom. The second-order valence-electron chi connectivity index (χ2n) is 6.01. The van der Waals surface area contributed by atoms with Crippen molar-refractivity contribution in [2.24, 2.45) is 0 Å². The number of aliphatic hydroxyl groups is 1. The summed E-state index contributed by atoms with van der Waals surface area (Å²) in [5.74, 6) is 0. The molecule has 2 aliphatic rings. The Labute approximate surface area is 129 Å². The molecule has 0 aliphatic carbocycles. The van der Waals surface area contributed by atoms with Crippen molar-refractivity contribution in [3.63, 3.8) is 0 Å². The molecule has 0 bridgehead atoms. The average Bonchev–Trinajstić information content (AvgIpc) is 3.09. The number of hydrogen-bond acceptors (Lipinski definition) is 3. The normalized spacial score (nSPS) is 26.2. The van der Waals surface area contributed by atoms with Gasteiger partial charge in [-0.1, -0.05) is 28.1 Å². The molecule has 2 heterocycles. The van der Waals surface area contributed by atoms with Gasteiger partial charge in [-0.25, -0.2) is 0 Å². The SMILES string of the molecule is OC(CN1CCC(N2CCCC2)C1)c1ccc(Br)cc1. The minimum atomic E-state index is -0.375. The number of nitrogens with zero attached hydrogens (tertiary/aromatic N) is 2. The third-order valence-electron chi connectivity index (χ3n) is 4.59. The van der Waals surface area contributed by atoms with Gasteiger partial charge in [0.05, 0.1) is 6.10 Å². The fourth-order valence-electron chi connectivity index (χ4n) is 3.42. The van der Waals surface area contributed by atoms with E-state index >= 15 is 0 Å². The Morgan fingerprint density at radius 3 is 2.55 bits per heavy atom. The molecule has 3 nitrogen and oxygen atoms in total. The standard InChI is InChI=1S/C16H23BrN2O/c17-14-5-3-13(4-6-14)16(20)12-18-10-7-15(11-18)19-8-1-2-9-19/h3-6,15-16,20H,1-2,7-12H2. The minimum absolute atomic E-state index is 0.375. The van der Waals surface area contributed by atoms with Crippen molar-refractivity contribution in [1.29, 1.82) is 0 Å². The number of benzene rings is 1. The van der Waals surface area contributed by atoms with E-state index < -0.39 is 0 Å². The van der Waals surface area contributed by atoms with Gasteiger partial charge in [-0.3, -0.25) is 9.80 Å². The van der Waals surface area contributed by atoms with E-state index in [-0.39, 0.29) is 6.10 Å². The van der Waals surface area contributed by atoms with Gasteiger partial charge in [-0.15, -0.1) is 0 Å². The Kier molecular flexibility index (Phi) is 4.76. The van der Waals surface area contributed by atoms with Crippen LogP contribution in [0.4, 0.5) is 0 Å². The van der Waals surface area contributed by atoms with Crippen LogP contribution in [0, 0.1) is 0 Å². The molecule has 110 valence electrons. The summed E-state index contributed by atoms with van der Waals surface area (Å²) >= 11 is 3.43. The van der Waals surface area contributed by atoms with Crippen LogP contribution in [0.25, 0.3) is 0 Å². The Balaban J connectivity index is 1.52. The molecule has 0 radical (unpaired) electrons. The maximum absolute atomic E-state index is 10.4. The van der Waals surface area contributed by atoms with Crippen molar-refractivity contribution in [3.05, 3.63) is 34.3 Å². The summed E-state index contributed by atoms with van der Waals surface area (Å²) in [5.41, 5.74) is 1.01. The first-order valence-electron chi connectivity index (χ1n) is 7.62. The van der Waals surface area contributed by atoms with Crippen LogP contribution >= 0.6 is 15.9 Å². The molecule has 0 amide bonds. The molecular weight excluding hydrogens is 316 g/mol. The van der Waals surface area contributed by atoms with Crippen molar-refractivity contribution in [3.8, 4) is 0 Å². The number of rotatable bonds is 4. The molecule has 4 heteroatoms. The minimum Gasteiger partial charge on any atom is -0.387 e. The molecule has 1 aromatic rings. The lowest BCUT2D eigenvalue weighted by molar-refractivity contribution is 0.120. The van der Waals surface area contributed by atoms with Crippen molar-refractivity contribution in [2.45, 2.75) is 31.4 Å². The van der Waals surface area contributed by atoms with Crippen LogP contribution < -0.4 is 0 Å². The van der Waals surface area contributed by atoms with Crippen LogP contribution in [0.15, 0.2) is 28.7 Å². The first-order valence-corrected chi connectivity index (χ1v) is 8.41. The predicted molar refractivity (Wildman–Crippen MR) is 84.8 cm³/mol. The van der Waals surface area contributed by atoms with Gasteiger partial charge in [0.25, 0.3) is 0 Å². The van der Waals surface area contributed by atoms with Crippen LogP contribution in [0.3, 0.4) is 0 Å². The lowest BCUT2D eigenvalue weighted by Crippen LogP contribution is -2.36. The van der Waals surface area contributed by atoms with Gasteiger partial charge in [0.15, 0.2) is 0 Å². The highest BCUT2D eigenvalue weighted by Gasteiger charge is 2.30. The van der Waals surface area contributed by atoms with Crippen LogP contribution in [0.1, 0.15) is 30.9 Å². The van der Waals surface area contributed by atoms with Crippen molar-refractivity contribution < 1.29 is 5.11 Å². The van der Waals surface area contributed by atoms with Gasteiger partial charge in [0, 0.05) is 23.6 Å². The summed E-state index contributed by atoms with van der Waals surface area (Å²) in [5, 5.41) is 10.4. The number of hydrogen-bond donors (Lipinski definition) is 1. The molecular formula is C16H23BrN2O. The quantitative estimate of drug-likeness (QED) is 0.914. The number of aliphatic hydroxyl groups excluding tert-OH is 1. The van der Waals surface area contributed by atoms with Crippen molar-refractivity contribution in [2.75, 3.05) is 32.7 Å². The summed E-state index contributed by atoms with van der Waals surface area (Å²) in [7, 11) is 0. The molecule has 3 rings (SSSR count). The molecule has 2 unspecified atom stereocenters. The van der Waals surface area contributed by atoms with E-state index in [0.717, 1.165) is 35.7 Å². The second-order valence-corrected chi connectivity index (χ2v) is 6.93. The highest BCUT2D eigenvalue weighted by atomic mass is 79.9. The fourth-order valence-corrected chi connectivity index (χ4v) is 3.68. The first-order chi connectivity index (χ1) is 9.72. The lowest BCUT2D eigenvalue weighted by Gasteiger charge is -2.24. The zero-order chi connectivity index (χ0) is 13.9. The third-order valence-corrected chi connectivity index (χ3v) is 5.12. The summed E-state index contributed by atoms with van der Waals surface area (Å²) in [4.78, 5) is 5.04. The Bertz CT molecular complexity index is 431. The van der Waals surface area contributed by atoms with E-state index in [1.165, 1.54) is 32.4 Å². The summed E-state index contributed by atoms with van der Waals surface area (Å²) in [6.07, 6.45) is 3.60. The van der Waals surface area contributed by atoms with E-state index in [0.29, 0.717) is 0 Å². The van der Waals surface area contributed by atoms with Crippen LogP contribution in [0.5, 0.6) is 0 Å². The highest BCUT2D eigenvalue weighted by molar-refractivity contribution is 9.10. The fraction of sp³-hybridized carbons (Fsp3) is 0.625. The third kappa shape index (κ3) is 3.42. The molecule has 0 saturated carbocycles. The average molecular weight is 339 g/mol. The number of β-amino-alcohol motifs (C(OH)–C–C–N with tert-alkyl or cyclic N) is 1. The monoisotopic (exact) mass is 338 g/mol. The van der Waals surface area contributed by atoms with Gasteiger partial charge < -0.3 is 5.11 Å². The highest BCUT2D eigenvalue weighted by Crippen LogP contribution is 2.23. The van der Waals surface area contributed by atoms with E-state index in [1.807, 2.05) is 24.3 Å². The molecule has 2 fully saturated rings. The van der Waals surface area contributed by atoms with Crippen LogP contribution in [-0.2, 0) is 0 Å². The van der Waals surface area contributed by atoms with Gasteiger partial charge in [0.1, 0.15) is 0 Å². The Hall–Kier alpha value is -0.420. The summed E-state index contributed by atoms with van der Waals surface area (Å²) in [6, 6.07) is 8.71. The van der Waals surface area contributed by atoms with E-state index in [2.05, 4.69) is 25.7 Å². The van der Waals surface area contributed by atoms with Gasteiger partial charge >= 0.3 is 0 Å². The van der Waals surface area contributed by atoms with E-state index in [9.17, 15) is 5.11 Å². The largest absolute Gasteiger partial charge is 0.387 e. The summed E-state index contributed by atoms with van der Waals surface area (Å²) in [6.45, 7) is 5.54. The topological polar surface area (TPSA) is 26.7 Å². The molecule has 2 atom stereocenters. The smallest absolute Gasteiger partial charge is 0.0916 e. The molecule has 20 heavy (non-hydrogen) atoms. The zero-order valence-electron chi connectivity index (χ0n) is 11.8. The van der Waals surface area contributed by atoms with Crippen LogP contribution in [-0.4, -0.2) is 53.7 Å². The maximum atomic E-state index is 10.4. The molecule has 0 aromatic heterocycles. The van der Waals surface area contributed by atoms with E-state index in [1.54, 1.807) is 0 Å². The number of likely N-dealkylation sites (tertiary alicyclic amines) is 2. The first kappa shape index (κ1) is 14.5. The zero-order valence-corrected chi connectivity index (χ0v) is 13.4. The molecule has 1 N–H and O–H groups in total. The molecule has 2 saturated heterocycles. The van der Waals surface area contributed by atoms with Crippen molar-refractivity contribution >= 4 is 15.9 Å². The van der Waals surface area contributed by atoms with Crippen LogP contribution in [0.2, 0.25) is 0 Å². The lowest BCUT2D eigenvalue weighted by atomic mass is 10.1. The van der Waals surface area contributed by atoms with Gasteiger partial charge in [0.2, 0.25) is 0 Å². The van der Waals surface area contributed by atoms with Gasteiger partial charge in [-0.2, -0.15) is 0 Å². The second kappa shape index (κ2) is 6.56. The maximum Gasteiger partial charge on any atom is 0.0916 e. The molecule has 1 aromatic carbocycles.